The number of benzene rings is 1. The Balaban J connectivity index is 2.22. The van der Waals surface area contributed by atoms with Crippen molar-refractivity contribution >= 4 is 17.6 Å². The minimum absolute atomic E-state index is 0.0508. The maximum Gasteiger partial charge on any atom is 0.418 e. The highest BCUT2D eigenvalue weighted by molar-refractivity contribution is 6.00. The van der Waals surface area contributed by atoms with Crippen LogP contribution in [0.15, 0.2) is 24.3 Å². The number of hydrogen-bond donors (Lipinski definition) is 3. The largest absolute Gasteiger partial charge is 0.465 e. The highest BCUT2D eigenvalue weighted by atomic mass is 19.4. The molecule has 25 heavy (non-hydrogen) atoms. The number of aryl methyl sites for hydroxylation is 1. The molecule has 0 saturated heterocycles. The molecule has 3 N–H and O–H groups in total. The van der Waals surface area contributed by atoms with Gasteiger partial charge < -0.3 is 9.72 Å². The molecule has 2 rings (SSSR count). The molecular formula is C16H16F3N3O3. The lowest BCUT2D eigenvalue weighted by molar-refractivity contribution is -0.137. The second-order valence-corrected chi connectivity index (χ2v) is 5.24. The van der Waals surface area contributed by atoms with Crippen LogP contribution in [0, 0.1) is 13.8 Å². The van der Waals surface area contributed by atoms with E-state index in [1.165, 1.54) is 32.2 Å². The van der Waals surface area contributed by atoms with E-state index in [9.17, 15) is 22.8 Å². The summed E-state index contributed by atoms with van der Waals surface area (Å²) in [7, 11) is 1.21. The number of rotatable bonds is 4. The molecule has 2 aromatic rings. The molecule has 9 heteroatoms. The molecular weight excluding hydrogens is 339 g/mol. The number of halogens is 3. The number of anilines is 1. The molecule has 0 fully saturated rings. The fraction of sp³-hybridized carbons (Fsp3) is 0.250. The van der Waals surface area contributed by atoms with Crippen LogP contribution in [0.1, 0.15) is 37.7 Å². The number of methoxy groups -OCH3 is 1. The minimum atomic E-state index is -4.56. The fourth-order valence-corrected chi connectivity index (χ4v) is 2.41. The lowest BCUT2D eigenvalue weighted by Gasteiger charge is -2.14. The predicted octanol–water partition coefficient (Wildman–Crippen LogP) is 3.19. The van der Waals surface area contributed by atoms with Crippen LogP contribution in [0.4, 0.5) is 18.9 Å². The van der Waals surface area contributed by atoms with Crippen LogP contribution in [-0.4, -0.2) is 24.0 Å². The van der Waals surface area contributed by atoms with E-state index in [1.54, 1.807) is 6.92 Å². The van der Waals surface area contributed by atoms with Crippen LogP contribution in [0.3, 0.4) is 0 Å². The second-order valence-electron chi connectivity index (χ2n) is 5.24. The van der Waals surface area contributed by atoms with Crippen LogP contribution in [0.5, 0.6) is 0 Å². The number of hydrazine groups is 1. The van der Waals surface area contributed by atoms with Gasteiger partial charge in [-0.05, 0) is 31.5 Å². The van der Waals surface area contributed by atoms with E-state index >= 15 is 0 Å². The molecule has 1 aromatic heterocycles. The number of carbonyl (C=O) groups is 2. The predicted molar refractivity (Wildman–Crippen MR) is 84.1 cm³/mol. The Bertz CT molecular complexity index is 813. The number of nitrogens with one attached hydrogen (secondary N) is 3. The van der Waals surface area contributed by atoms with Gasteiger partial charge in [0.25, 0.3) is 5.91 Å². The van der Waals surface area contributed by atoms with Gasteiger partial charge >= 0.3 is 12.1 Å². The van der Waals surface area contributed by atoms with Gasteiger partial charge in [0.1, 0.15) is 5.69 Å². The summed E-state index contributed by atoms with van der Waals surface area (Å²) >= 11 is 0. The Morgan fingerprint density at radius 3 is 2.40 bits per heavy atom. The summed E-state index contributed by atoms with van der Waals surface area (Å²) in [5.74, 6) is -1.33. The number of hydrogen-bond acceptors (Lipinski definition) is 4. The molecule has 0 bridgehead atoms. The summed E-state index contributed by atoms with van der Waals surface area (Å²) in [5.41, 5.74) is 4.27. The van der Waals surface area contributed by atoms with Gasteiger partial charge in [-0.1, -0.05) is 12.1 Å². The van der Waals surface area contributed by atoms with Crippen molar-refractivity contribution in [3.63, 3.8) is 0 Å². The van der Waals surface area contributed by atoms with Gasteiger partial charge in [0.2, 0.25) is 0 Å². The highest BCUT2D eigenvalue weighted by Gasteiger charge is 2.33. The van der Waals surface area contributed by atoms with Gasteiger partial charge in [0.15, 0.2) is 0 Å². The van der Waals surface area contributed by atoms with E-state index in [4.69, 9.17) is 0 Å². The lowest BCUT2D eigenvalue weighted by atomic mass is 10.1. The number of amides is 1. The first-order valence-electron chi connectivity index (χ1n) is 7.16. The summed E-state index contributed by atoms with van der Waals surface area (Å²) < 4.78 is 43.4. The maximum absolute atomic E-state index is 12.9. The molecule has 1 heterocycles. The first-order chi connectivity index (χ1) is 11.7. The van der Waals surface area contributed by atoms with E-state index in [-0.39, 0.29) is 16.9 Å². The van der Waals surface area contributed by atoms with Crippen molar-refractivity contribution in [2.75, 3.05) is 12.5 Å². The van der Waals surface area contributed by atoms with E-state index in [1.807, 2.05) is 0 Å². The smallest absolute Gasteiger partial charge is 0.418 e. The molecule has 0 unspecified atom stereocenters. The SMILES string of the molecule is COC(=O)c1c(C)[nH]c(C(=O)NNc2ccccc2C(F)(F)F)c1C. The average molecular weight is 355 g/mol. The maximum atomic E-state index is 12.9. The van der Waals surface area contributed by atoms with Crippen molar-refractivity contribution in [3.05, 3.63) is 52.3 Å². The van der Waals surface area contributed by atoms with Crippen LogP contribution in [0.2, 0.25) is 0 Å². The van der Waals surface area contributed by atoms with Gasteiger partial charge in [0.05, 0.1) is 23.9 Å². The summed E-state index contributed by atoms with van der Waals surface area (Å²) in [6.45, 7) is 3.12. The second kappa shape index (κ2) is 6.88. The number of para-hydroxylation sites is 1. The standard InChI is InChI=1S/C16H16F3N3O3/c1-8-12(15(24)25-3)9(2)20-13(8)14(23)22-21-11-7-5-4-6-10(11)16(17,18)19/h4-7,20-21H,1-3H3,(H,22,23). The van der Waals surface area contributed by atoms with Crippen LogP contribution >= 0.6 is 0 Å². The molecule has 0 aliphatic carbocycles. The van der Waals surface area contributed by atoms with Gasteiger partial charge in [-0.2, -0.15) is 13.2 Å². The van der Waals surface area contributed by atoms with E-state index in [0.717, 1.165) is 6.07 Å². The molecule has 0 aliphatic rings. The quantitative estimate of drug-likeness (QED) is 0.581. The number of aromatic amines is 1. The van der Waals surface area contributed by atoms with Crippen molar-refractivity contribution in [1.82, 2.24) is 10.4 Å². The number of esters is 1. The van der Waals surface area contributed by atoms with Gasteiger partial charge in [-0.3, -0.25) is 15.6 Å². The highest BCUT2D eigenvalue weighted by Crippen LogP contribution is 2.34. The molecule has 0 saturated carbocycles. The van der Waals surface area contributed by atoms with Crippen molar-refractivity contribution in [2.45, 2.75) is 20.0 Å². The zero-order valence-corrected chi connectivity index (χ0v) is 13.7. The molecule has 1 aromatic carbocycles. The zero-order valence-electron chi connectivity index (χ0n) is 13.7. The Hall–Kier alpha value is -2.97. The van der Waals surface area contributed by atoms with Crippen LogP contribution < -0.4 is 10.9 Å². The van der Waals surface area contributed by atoms with Gasteiger partial charge in [-0.25, -0.2) is 4.79 Å². The van der Waals surface area contributed by atoms with E-state index in [2.05, 4.69) is 20.6 Å². The van der Waals surface area contributed by atoms with Gasteiger partial charge in [-0.15, -0.1) is 0 Å². The Morgan fingerprint density at radius 2 is 1.80 bits per heavy atom. The molecule has 0 atom stereocenters. The first kappa shape index (κ1) is 18.4. The molecule has 134 valence electrons. The van der Waals surface area contributed by atoms with Crippen molar-refractivity contribution in [1.29, 1.82) is 0 Å². The Labute approximate surface area is 141 Å². The molecule has 0 aliphatic heterocycles. The Morgan fingerprint density at radius 1 is 1.16 bits per heavy atom. The third kappa shape index (κ3) is 3.76. The van der Waals surface area contributed by atoms with Crippen molar-refractivity contribution < 1.29 is 27.5 Å². The monoisotopic (exact) mass is 355 g/mol. The van der Waals surface area contributed by atoms with Gasteiger partial charge in [0, 0.05) is 5.69 Å². The van der Waals surface area contributed by atoms with E-state index < -0.39 is 23.6 Å². The zero-order chi connectivity index (χ0) is 18.8. The topological polar surface area (TPSA) is 83.2 Å². The Kier molecular flexibility index (Phi) is 5.05. The third-order valence-corrected chi connectivity index (χ3v) is 3.60. The number of carbonyl (C=O) groups excluding carboxylic acids is 2. The summed E-state index contributed by atoms with van der Waals surface area (Å²) in [6.07, 6.45) is -4.56. The number of aromatic nitrogens is 1. The van der Waals surface area contributed by atoms with Crippen LogP contribution in [0.25, 0.3) is 0 Å². The lowest BCUT2D eigenvalue weighted by Crippen LogP contribution is -2.31. The molecule has 0 radical (unpaired) electrons. The van der Waals surface area contributed by atoms with Crippen LogP contribution in [-0.2, 0) is 10.9 Å². The number of ether oxygens (including phenoxy) is 1. The number of H-pyrrole nitrogens is 1. The molecule has 6 nitrogen and oxygen atoms in total. The van der Waals surface area contributed by atoms with Crippen molar-refractivity contribution in [3.8, 4) is 0 Å². The molecule has 1 amide bonds. The summed E-state index contributed by atoms with van der Waals surface area (Å²) in [5, 5.41) is 0. The fourth-order valence-electron chi connectivity index (χ4n) is 2.41. The summed E-state index contributed by atoms with van der Waals surface area (Å²) in [4.78, 5) is 26.7. The molecule has 0 spiro atoms. The number of alkyl halides is 3. The third-order valence-electron chi connectivity index (χ3n) is 3.60. The first-order valence-corrected chi connectivity index (χ1v) is 7.16. The van der Waals surface area contributed by atoms with E-state index in [0.29, 0.717) is 11.3 Å². The van der Waals surface area contributed by atoms with Crippen molar-refractivity contribution in [2.24, 2.45) is 0 Å². The summed E-state index contributed by atoms with van der Waals surface area (Å²) in [6, 6.07) is 4.74. The minimum Gasteiger partial charge on any atom is -0.465 e. The average Bonchev–Trinajstić information content (AvgIpc) is 2.86. The normalized spacial score (nSPS) is 11.1.